The molecule has 0 saturated carbocycles. The standard InChI is InChI=1S/C24H21N5O2S/c1-3-29(4-2)18-11-9-17(10-12-18)27-28-20(14-25)23-26-21(15-32-23)19-13-16-7-5-6-8-22(16)31-24(19)30/h5-13,15,27H,3-4H2,1-2H3. The maximum Gasteiger partial charge on any atom is 0.345 e. The Hall–Kier alpha value is -3.96. The molecule has 4 aromatic rings. The molecule has 32 heavy (non-hydrogen) atoms. The number of anilines is 2. The third-order valence-corrected chi connectivity index (χ3v) is 5.87. The van der Waals surface area contributed by atoms with Crippen LogP contribution in [0.5, 0.6) is 0 Å². The topological polar surface area (TPSA) is 94.5 Å². The molecule has 0 aliphatic carbocycles. The molecular weight excluding hydrogens is 422 g/mol. The van der Waals surface area contributed by atoms with E-state index in [0.29, 0.717) is 21.8 Å². The summed E-state index contributed by atoms with van der Waals surface area (Å²) in [6.07, 6.45) is 0. The summed E-state index contributed by atoms with van der Waals surface area (Å²) in [6.45, 7) is 6.09. The van der Waals surface area contributed by atoms with Crippen LogP contribution in [0.2, 0.25) is 0 Å². The van der Waals surface area contributed by atoms with Crippen LogP contribution >= 0.6 is 11.3 Å². The zero-order valence-electron chi connectivity index (χ0n) is 17.7. The molecule has 160 valence electrons. The summed E-state index contributed by atoms with van der Waals surface area (Å²) >= 11 is 1.25. The fourth-order valence-electron chi connectivity index (χ4n) is 3.32. The van der Waals surface area contributed by atoms with Gasteiger partial charge in [0.2, 0.25) is 0 Å². The van der Waals surface area contributed by atoms with Crippen molar-refractivity contribution in [3.8, 4) is 17.3 Å². The van der Waals surface area contributed by atoms with Gasteiger partial charge in [-0.1, -0.05) is 18.2 Å². The summed E-state index contributed by atoms with van der Waals surface area (Å²) in [5, 5.41) is 16.7. The van der Waals surface area contributed by atoms with Crippen molar-refractivity contribution in [1.29, 1.82) is 5.26 Å². The van der Waals surface area contributed by atoms with Gasteiger partial charge in [0, 0.05) is 29.5 Å². The smallest absolute Gasteiger partial charge is 0.345 e. The van der Waals surface area contributed by atoms with E-state index >= 15 is 0 Å². The van der Waals surface area contributed by atoms with E-state index in [1.807, 2.05) is 42.5 Å². The Kier molecular flexibility index (Phi) is 6.29. The number of nitrogens with one attached hydrogen (secondary N) is 1. The molecular formula is C24H21N5O2S. The van der Waals surface area contributed by atoms with Crippen LogP contribution < -0.4 is 16.0 Å². The Labute approximate surface area is 189 Å². The lowest BCUT2D eigenvalue weighted by Gasteiger charge is -2.21. The second kappa shape index (κ2) is 9.45. The SMILES string of the molecule is CCN(CC)c1ccc(NN=C(C#N)c2nc(-c3cc4ccccc4oc3=O)cs2)cc1. The Balaban J connectivity index is 1.56. The van der Waals surface area contributed by atoms with Gasteiger partial charge in [0.25, 0.3) is 0 Å². The minimum atomic E-state index is -0.470. The van der Waals surface area contributed by atoms with Gasteiger partial charge in [0.15, 0.2) is 10.7 Å². The van der Waals surface area contributed by atoms with Crippen molar-refractivity contribution in [2.75, 3.05) is 23.4 Å². The lowest BCUT2D eigenvalue weighted by molar-refractivity contribution is 0.563. The second-order valence-electron chi connectivity index (χ2n) is 6.93. The van der Waals surface area contributed by atoms with Crippen LogP contribution in [0.3, 0.4) is 0 Å². The van der Waals surface area contributed by atoms with E-state index in [0.717, 1.165) is 29.9 Å². The molecule has 2 aromatic heterocycles. The van der Waals surface area contributed by atoms with E-state index in [2.05, 4.69) is 40.3 Å². The minimum Gasteiger partial charge on any atom is -0.422 e. The molecule has 0 saturated heterocycles. The van der Waals surface area contributed by atoms with E-state index in [1.165, 1.54) is 11.3 Å². The van der Waals surface area contributed by atoms with Crippen LogP contribution in [0.25, 0.3) is 22.2 Å². The van der Waals surface area contributed by atoms with Crippen molar-refractivity contribution in [3.63, 3.8) is 0 Å². The molecule has 0 amide bonds. The number of hydrazone groups is 1. The van der Waals surface area contributed by atoms with Gasteiger partial charge in [-0.25, -0.2) is 9.78 Å². The number of nitriles is 1. The quantitative estimate of drug-likeness (QED) is 0.242. The van der Waals surface area contributed by atoms with Gasteiger partial charge in [-0.05, 0) is 50.2 Å². The summed E-state index contributed by atoms with van der Waals surface area (Å²) in [6, 6.07) is 19.0. The first kappa shape index (κ1) is 21.3. The highest BCUT2D eigenvalue weighted by Crippen LogP contribution is 2.23. The van der Waals surface area contributed by atoms with Crippen LogP contribution in [0.15, 0.2) is 74.3 Å². The first-order valence-electron chi connectivity index (χ1n) is 10.2. The van der Waals surface area contributed by atoms with E-state index in [-0.39, 0.29) is 5.71 Å². The molecule has 0 atom stereocenters. The molecule has 1 N–H and O–H groups in total. The van der Waals surface area contributed by atoms with Gasteiger partial charge >= 0.3 is 5.63 Å². The molecule has 0 unspecified atom stereocenters. The van der Waals surface area contributed by atoms with Crippen molar-refractivity contribution >= 4 is 39.4 Å². The lowest BCUT2D eigenvalue weighted by atomic mass is 10.1. The number of rotatable bonds is 7. The first-order valence-corrected chi connectivity index (χ1v) is 11.1. The Bertz CT molecular complexity index is 1360. The molecule has 0 aliphatic rings. The summed E-state index contributed by atoms with van der Waals surface area (Å²) in [5.74, 6) is 0. The van der Waals surface area contributed by atoms with Gasteiger partial charge < -0.3 is 9.32 Å². The van der Waals surface area contributed by atoms with Crippen LogP contribution in [-0.2, 0) is 0 Å². The van der Waals surface area contributed by atoms with Gasteiger partial charge in [-0.3, -0.25) is 5.43 Å². The fourth-order valence-corrected chi connectivity index (χ4v) is 4.08. The van der Waals surface area contributed by atoms with Gasteiger partial charge in [0.05, 0.1) is 16.9 Å². The Morgan fingerprint density at radius 2 is 1.94 bits per heavy atom. The van der Waals surface area contributed by atoms with Crippen LogP contribution in [0, 0.1) is 11.3 Å². The summed E-state index contributed by atoms with van der Waals surface area (Å²) in [7, 11) is 0. The number of hydrogen-bond acceptors (Lipinski definition) is 8. The average Bonchev–Trinajstić information content (AvgIpc) is 3.30. The molecule has 2 aromatic carbocycles. The normalized spacial score (nSPS) is 11.3. The van der Waals surface area contributed by atoms with Crippen LogP contribution in [0.4, 0.5) is 11.4 Å². The van der Waals surface area contributed by atoms with E-state index < -0.39 is 5.63 Å². The van der Waals surface area contributed by atoms with E-state index in [4.69, 9.17) is 4.42 Å². The number of para-hydroxylation sites is 1. The summed E-state index contributed by atoms with van der Waals surface area (Å²) in [5.41, 5.74) is 5.80. The van der Waals surface area contributed by atoms with Crippen molar-refractivity contribution < 1.29 is 4.42 Å². The average molecular weight is 444 g/mol. The molecule has 0 radical (unpaired) electrons. The first-order chi connectivity index (χ1) is 15.6. The predicted molar refractivity (Wildman–Crippen MR) is 129 cm³/mol. The number of benzene rings is 2. The minimum absolute atomic E-state index is 0.138. The van der Waals surface area contributed by atoms with Gasteiger partial charge in [-0.15, -0.1) is 11.3 Å². The van der Waals surface area contributed by atoms with Crippen molar-refractivity contribution in [1.82, 2.24) is 4.98 Å². The molecule has 0 fully saturated rings. The largest absolute Gasteiger partial charge is 0.422 e. The number of thiazole rings is 1. The molecule has 2 heterocycles. The number of aromatic nitrogens is 1. The highest BCUT2D eigenvalue weighted by atomic mass is 32.1. The lowest BCUT2D eigenvalue weighted by Crippen LogP contribution is -2.21. The Morgan fingerprint density at radius 3 is 2.66 bits per heavy atom. The van der Waals surface area contributed by atoms with Crippen LogP contribution in [-0.4, -0.2) is 23.8 Å². The Morgan fingerprint density at radius 1 is 1.19 bits per heavy atom. The second-order valence-corrected chi connectivity index (χ2v) is 7.78. The highest BCUT2D eigenvalue weighted by molar-refractivity contribution is 7.12. The van der Waals surface area contributed by atoms with Crippen molar-refractivity contribution in [2.45, 2.75) is 13.8 Å². The zero-order chi connectivity index (χ0) is 22.5. The number of nitrogens with zero attached hydrogens (tertiary/aromatic N) is 4. The fraction of sp³-hybridized carbons (Fsp3) is 0.167. The predicted octanol–water partition coefficient (Wildman–Crippen LogP) is 5.10. The number of hydrogen-bond donors (Lipinski definition) is 1. The summed E-state index contributed by atoms with van der Waals surface area (Å²) in [4.78, 5) is 19.1. The molecule has 0 bridgehead atoms. The molecule has 4 rings (SSSR count). The molecule has 7 nitrogen and oxygen atoms in total. The van der Waals surface area contributed by atoms with Crippen molar-refractivity contribution in [2.24, 2.45) is 5.10 Å². The highest BCUT2D eigenvalue weighted by Gasteiger charge is 2.14. The van der Waals surface area contributed by atoms with Crippen LogP contribution in [0.1, 0.15) is 18.9 Å². The maximum atomic E-state index is 12.4. The van der Waals surface area contributed by atoms with Gasteiger partial charge in [0.1, 0.15) is 11.7 Å². The van der Waals surface area contributed by atoms with E-state index in [1.54, 1.807) is 17.5 Å². The van der Waals surface area contributed by atoms with E-state index in [9.17, 15) is 10.1 Å². The third kappa shape index (κ3) is 4.38. The summed E-state index contributed by atoms with van der Waals surface area (Å²) < 4.78 is 5.39. The molecule has 0 aliphatic heterocycles. The molecule has 0 spiro atoms. The monoisotopic (exact) mass is 443 g/mol. The molecule has 8 heteroatoms. The maximum absolute atomic E-state index is 12.4. The zero-order valence-corrected chi connectivity index (χ0v) is 18.5. The third-order valence-electron chi connectivity index (χ3n) is 5.02. The number of fused-ring (bicyclic) bond motifs is 1. The van der Waals surface area contributed by atoms with Gasteiger partial charge in [-0.2, -0.15) is 10.4 Å². The van der Waals surface area contributed by atoms with Crippen molar-refractivity contribution in [3.05, 3.63) is 75.4 Å².